The van der Waals surface area contributed by atoms with Crippen LogP contribution in [0.2, 0.25) is 0 Å². The van der Waals surface area contributed by atoms with E-state index >= 15 is 0 Å². The first kappa shape index (κ1) is 13.7. The van der Waals surface area contributed by atoms with Gasteiger partial charge in [0.1, 0.15) is 0 Å². The van der Waals surface area contributed by atoms with E-state index in [9.17, 15) is 5.11 Å². The summed E-state index contributed by atoms with van der Waals surface area (Å²) in [6.07, 6.45) is 2.67. The first-order valence-corrected chi connectivity index (χ1v) is 7.53. The van der Waals surface area contributed by atoms with Crippen molar-refractivity contribution in [1.82, 2.24) is 9.80 Å². The van der Waals surface area contributed by atoms with Gasteiger partial charge in [-0.05, 0) is 44.0 Å². The minimum atomic E-state index is 0.213. The number of benzene rings is 1. The number of phenols is 1. The van der Waals surface area contributed by atoms with Crippen LogP contribution in [0.5, 0.6) is 11.5 Å². The van der Waals surface area contributed by atoms with Crippen LogP contribution in [0, 0.1) is 0 Å². The van der Waals surface area contributed by atoms with Crippen molar-refractivity contribution >= 4 is 0 Å². The molecule has 0 aliphatic carbocycles. The van der Waals surface area contributed by atoms with Gasteiger partial charge < -0.3 is 9.84 Å². The van der Waals surface area contributed by atoms with Crippen LogP contribution < -0.4 is 4.74 Å². The van der Waals surface area contributed by atoms with Gasteiger partial charge in [0.2, 0.25) is 0 Å². The quantitative estimate of drug-likeness (QED) is 0.917. The summed E-state index contributed by atoms with van der Waals surface area (Å²) in [7, 11) is 1.60. The molecule has 1 aromatic carbocycles. The number of rotatable bonds is 3. The molecule has 2 heterocycles. The average molecular weight is 276 g/mol. The maximum Gasteiger partial charge on any atom is 0.160 e. The largest absolute Gasteiger partial charge is 0.504 e. The Morgan fingerprint density at radius 2 is 2.15 bits per heavy atom. The smallest absolute Gasteiger partial charge is 0.160 e. The highest BCUT2D eigenvalue weighted by molar-refractivity contribution is 5.41. The van der Waals surface area contributed by atoms with Gasteiger partial charge in [0.25, 0.3) is 0 Å². The van der Waals surface area contributed by atoms with Crippen molar-refractivity contribution in [2.75, 3.05) is 26.7 Å². The van der Waals surface area contributed by atoms with Crippen molar-refractivity contribution in [2.24, 2.45) is 0 Å². The lowest BCUT2D eigenvalue weighted by atomic mass is 10.0. The highest BCUT2D eigenvalue weighted by atomic mass is 16.5. The molecule has 0 radical (unpaired) electrons. The summed E-state index contributed by atoms with van der Waals surface area (Å²) in [5, 5.41) is 9.67. The van der Waals surface area contributed by atoms with E-state index in [1.54, 1.807) is 13.2 Å². The Morgan fingerprint density at radius 3 is 2.95 bits per heavy atom. The fraction of sp³-hybridized carbons (Fsp3) is 0.625. The van der Waals surface area contributed by atoms with E-state index in [2.05, 4.69) is 16.7 Å². The van der Waals surface area contributed by atoms with Crippen molar-refractivity contribution in [3.8, 4) is 11.5 Å². The molecule has 0 saturated carbocycles. The molecule has 110 valence electrons. The number of hydrogen-bond acceptors (Lipinski definition) is 4. The highest BCUT2D eigenvalue weighted by Crippen LogP contribution is 2.30. The number of nitrogens with zero attached hydrogens (tertiary/aromatic N) is 2. The van der Waals surface area contributed by atoms with Crippen LogP contribution in [0.4, 0.5) is 0 Å². The lowest BCUT2D eigenvalue weighted by Gasteiger charge is -2.43. The Morgan fingerprint density at radius 1 is 1.30 bits per heavy atom. The molecule has 20 heavy (non-hydrogen) atoms. The number of aromatic hydroxyl groups is 1. The molecule has 2 aliphatic heterocycles. The van der Waals surface area contributed by atoms with E-state index in [-0.39, 0.29) is 5.75 Å². The standard InChI is InChI=1S/C16H24N2O2/c1-12-14-4-3-7-17(14)8-9-18(12)11-13-5-6-15(19)16(10-13)20-2/h5-6,10,12,14,19H,3-4,7-9,11H2,1-2H3/t12-,14-/m1/s1. The van der Waals surface area contributed by atoms with Gasteiger partial charge in [-0.1, -0.05) is 6.07 Å². The van der Waals surface area contributed by atoms with Crippen molar-refractivity contribution in [3.63, 3.8) is 0 Å². The van der Waals surface area contributed by atoms with Gasteiger partial charge >= 0.3 is 0 Å². The molecule has 4 nitrogen and oxygen atoms in total. The summed E-state index contributed by atoms with van der Waals surface area (Å²) in [4.78, 5) is 5.19. The van der Waals surface area contributed by atoms with E-state index < -0.39 is 0 Å². The predicted molar refractivity (Wildman–Crippen MR) is 79.1 cm³/mol. The summed E-state index contributed by atoms with van der Waals surface area (Å²) >= 11 is 0. The Bertz CT molecular complexity index is 478. The number of methoxy groups -OCH3 is 1. The summed E-state index contributed by atoms with van der Waals surface area (Å²) < 4.78 is 5.19. The van der Waals surface area contributed by atoms with Crippen molar-refractivity contribution in [1.29, 1.82) is 0 Å². The topological polar surface area (TPSA) is 35.9 Å². The van der Waals surface area contributed by atoms with Crippen LogP contribution in [0.25, 0.3) is 0 Å². The molecule has 1 aromatic rings. The highest BCUT2D eigenvalue weighted by Gasteiger charge is 2.36. The number of hydrogen-bond donors (Lipinski definition) is 1. The predicted octanol–water partition coefficient (Wildman–Crippen LogP) is 2.07. The van der Waals surface area contributed by atoms with Gasteiger partial charge in [0.15, 0.2) is 11.5 Å². The third-order valence-electron chi connectivity index (χ3n) is 4.85. The molecule has 3 rings (SSSR count). The van der Waals surface area contributed by atoms with E-state index in [4.69, 9.17) is 4.74 Å². The van der Waals surface area contributed by atoms with Gasteiger partial charge in [-0.25, -0.2) is 0 Å². The molecule has 0 amide bonds. The Balaban J connectivity index is 1.71. The van der Waals surface area contributed by atoms with Gasteiger partial charge in [-0.2, -0.15) is 0 Å². The molecule has 2 fully saturated rings. The molecule has 1 N–H and O–H groups in total. The molecular weight excluding hydrogens is 252 g/mol. The van der Waals surface area contributed by atoms with E-state index in [0.29, 0.717) is 11.8 Å². The average Bonchev–Trinajstić information content (AvgIpc) is 2.93. The van der Waals surface area contributed by atoms with Crippen LogP contribution in [0.1, 0.15) is 25.3 Å². The second-order valence-corrected chi connectivity index (χ2v) is 5.96. The monoisotopic (exact) mass is 276 g/mol. The molecule has 0 spiro atoms. The van der Waals surface area contributed by atoms with Crippen LogP contribution in [-0.4, -0.2) is 53.7 Å². The second-order valence-electron chi connectivity index (χ2n) is 5.96. The Kier molecular flexibility index (Phi) is 3.85. The number of piperazine rings is 1. The molecule has 0 aromatic heterocycles. The lowest BCUT2D eigenvalue weighted by Crippen LogP contribution is -2.55. The Hall–Kier alpha value is -1.26. The summed E-state index contributed by atoms with van der Waals surface area (Å²) in [6.45, 7) is 6.86. The fourth-order valence-electron chi connectivity index (χ4n) is 3.66. The van der Waals surface area contributed by atoms with Crippen molar-refractivity contribution in [3.05, 3.63) is 23.8 Å². The van der Waals surface area contributed by atoms with Gasteiger partial charge in [0.05, 0.1) is 7.11 Å². The van der Waals surface area contributed by atoms with Crippen molar-refractivity contribution in [2.45, 2.75) is 38.4 Å². The zero-order chi connectivity index (χ0) is 14.1. The maximum atomic E-state index is 9.67. The minimum Gasteiger partial charge on any atom is -0.504 e. The number of fused-ring (bicyclic) bond motifs is 1. The lowest BCUT2D eigenvalue weighted by molar-refractivity contribution is 0.0470. The second kappa shape index (κ2) is 5.62. The number of ether oxygens (including phenoxy) is 1. The summed E-state index contributed by atoms with van der Waals surface area (Å²) in [6, 6.07) is 6.99. The third-order valence-corrected chi connectivity index (χ3v) is 4.85. The van der Waals surface area contributed by atoms with Gasteiger partial charge in [-0.15, -0.1) is 0 Å². The molecule has 4 heteroatoms. The van der Waals surface area contributed by atoms with Crippen molar-refractivity contribution < 1.29 is 9.84 Å². The molecule has 2 saturated heterocycles. The summed E-state index contributed by atoms with van der Waals surface area (Å²) in [5.74, 6) is 0.777. The van der Waals surface area contributed by atoms with Crippen LogP contribution >= 0.6 is 0 Å². The van der Waals surface area contributed by atoms with Gasteiger partial charge in [-0.3, -0.25) is 9.80 Å². The minimum absolute atomic E-state index is 0.213. The van der Waals surface area contributed by atoms with Crippen LogP contribution in [0.3, 0.4) is 0 Å². The van der Waals surface area contributed by atoms with E-state index in [1.165, 1.54) is 31.5 Å². The molecule has 0 bridgehead atoms. The molecular formula is C16H24N2O2. The summed E-state index contributed by atoms with van der Waals surface area (Å²) in [5.41, 5.74) is 1.21. The van der Waals surface area contributed by atoms with E-state index in [1.807, 2.05) is 12.1 Å². The zero-order valence-corrected chi connectivity index (χ0v) is 12.4. The maximum absolute atomic E-state index is 9.67. The third kappa shape index (κ3) is 2.50. The fourth-order valence-corrected chi connectivity index (χ4v) is 3.66. The molecule has 2 atom stereocenters. The SMILES string of the molecule is COc1cc(CN2CCN3CCC[C@@H]3[C@H]2C)ccc1O. The van der Waals surface area contributed by atoms with Gasteiger partial charge in [0, 0.05) is 31.7 Å². The Labute approximate surface area is 120 Å². The number of phenolic OH excluding ortho intramolecular Hbond substituents is 1. The van der Waals surface area contributed by atoms with Crippen LogP contribution in [0.15, 0.2) is 18.2 Å². The first-order chi connectivity index (χ1) is 9.69. The molecule has 0 unspecified atom stereocenters. The zero-order valence-electron chi connectivity index (χ0n) is 12.4. The molecule has 2 aliphatic rings. The van der Waals surface area contributed by atoms with E-state index in [0.717, 1.165) is 19.1 Å². The van der Waals surface area contributed by atoms with Crippen LogP contribution in [-0.2, 0) is 6.54 Å². The first-order valence-electron chi connectivity index (χ1n) is 7.53. The normalized spacial score (nSPS) is 27.5.